The van der Waals surface area contributed by atoms with E-state index in [-0.39, 0.29) is 17.8 Å². The van der Waals surface area contributed by atoms with Crippen LogP contribution in [0.4, 0.5) is 17.5 Å². The van der Waals surface area contributed by atoms with Crippen LogP contribution in [0.15, 0.2) is 67.0 Å². The number of morpholine rings is 1. The zero-order chi connectivity index (χ0) is 27.9. The Morgan fingerprint density at radius 2 is 1.80 bits per heavy atom. The fraction of sp³-hybridized carbons (Fsp3) is 0.300. The Kier molecular flexibility index (Phi) is 8.46. The predicted molar refractivity (Wildman–Crippen MR) is 155 cm³/mol. The van der Waals surface area contributed by atoms with E-state index in [1.165, 1.54) is 11.6 Å². The molecule has 2 amide bonds. The molecule has 10 nitrogen and oxygen atoms in total. The first kappa shape index (κ1) is 27.0. The van der Waals surface area contributed by atoms with Crippen molar-refractivity contribution in [1.82, 2.24) is 19.9 Å². The number of pyridine rings is 1. The number of aromatic nitrogens is 3. The van der Waals surface area contributed by atoms with E-state index in [0.29, 0.717) is 38.4 Å². The number of nitrogen functional groups attached to an aromatic ring is 1. The molecule has 0 radical (unpaired) electrons. The van der Waals surface area contributed by atoms with Gasteiger partial charge in [-0.15, -0.1) is 0 Å². The van der Waals surface area contributed by atoms with Crippen molar-refractivity contribution in [1.29, 1.82) is 0 Å². The molecule has 0 bridgehead atoms. The van der Waals surface area contributed by atoms with E-state index in [9.17, 15) is 9.59 Å². The van der Waals surface area contributed by atoms with E-state index in [4.69, 9.17) is 15.5 Å². The molecule has 2 aliphatic heterocycles. The van der Waals surface area contributed by atoms with Gasteiger partial charge in [0.1, 0.15) is 5.82 Å². The maximum Gasteiger partial charge on any atom is 0.248 e. The molecule has 5 rings (SSSR count). The highest BCUT2D eigenvalue weighted by molar-refractivity contribution is 5.99. The summed E-state index contributed by atoms with van der Waals surface area (Å²) in [6.45, 7) is 5.86. The maximum atomic E-state index is 13.1. The zero-order valence-corrected chi connectivity index (χ0v) is 22.5. The number of carbonyl (C=O) groups is 2. The van der Waals surface area contributed by atoms with Crippen molar-refractivity contribution >= 4 is 34.8 Å². The number of allylic oxidation sites excluding steroid dienone is 1. The largest absolute Gasteiger partial charge is 0.378 e. The molecule has 2 aromatic heterocycles. The minimum absolute atomic E-state index is 0.0736. The summed E-state index contributed by atoms with van der Waals surface area (Å²) >= 11 is 0. The van der Waals surface area contributed by atoms with Crippen molar-refractivity contribution in [2.45, 2.75) is 19.8 Å². The van der Waals surface area contributed by atoms with Crippen LogP contribution >= 0.6 is 0 Å². The van der Waals surface area contributed by atoms with Crippen LogP contribution in [0.3, 0.4) is 0 Å². The Balaban J connectivity index is 1.29. The van der Waals surface area contributed by atoms with Crippen LogP contribution < -0.4 is 16.0 Å². The number of nitrogens with one attached hydrogen (secondary N) is 1. The van der Waals surface area contributed by atoms with Crippen LogP contribution in [0.25, 0.3) is 16.8 Å². The Hall–Kier alpha value is -4.57. The Morgan fingerprint density at radius 1 is 1.05 bits per heavy atom. The predicted octanol–water partition coefficient (Wildman–Crippen LogP) is 3.33. The monoisotopic (exact) mass is 539 g/mol. The molecule has 1 fully saturated rings. The van der Waals surface area contributed by atoms with Gasteiger partial charge in [-0.2, -0.15) is 0 Å². The maximum absolute atomic E-state index is 13.1. The molecule has 206 valence electrons. The second-order valence-corrected chi connectivity index (χ2v) is 9.71. The van der Waals surface area contributed by atoms with Crippen molar-refractivity contribution < 1.29 is 14.3 Å². The van der Waals surface area contributed by atoms with Gasteiger partial charge in [-0.1, -0.05) is 24.3 Å². The van der Waals surface area contributed by atoms with Crippen molar-refractivity contribution in [3.63, 3.8) is 0 Å². The van der Waals surface area contributed by atoms with Crippen molar-refractivity contribution in [3.05, 3.63) is 78.1 Å². The fourth-order valence-corrected chi connectivity index (χ4v) is 4.76. The lowest BCUT2D eigenvalue weighted by Gasteiger charge is -2.30. The molecule has 10 heteroatoms. The first-order chi connectivity index (χ1) is 19.5. The number of nitrogens with zero attached hydrogens (tertiary/aromatic N) is 5. The quantitative estimate of drug-likeness (QED) is 0.438. The van der Waals surface area contributed by atoms with E-state index < -0.39 is 0 Å². The highest BCUT2D eigenvalue weighted by Crippen LogP contribution is 2.30. The van der Waals surface area contributed by atoms with Gasteiger partial charge in [0.15, 0.2) is 0 Å². The number of benzene rings is 1. The van der Waals surface area contributed by atoms with Crippen molar-refractivity contribution in [2.75, 3.05) is 55.3 Å². The van der Waals surface area contributed by atoms with Crippen molar-refractivity contribution in [3.8, 4) is 11.3 Å². The summed E-state index contributed by atoms with van der Waals surface area (Å²) in [5.74, 6) is 1.00. The average molecular weight is 540 g/mol. The second-order valence-electron chi connectivity index (χ2n) is 9.71. The summed E-state index contributed by atoms with van der Waals surface area (Å²) in [5, 5.41) is 2.79. The fourth-order valence-electron chi connectivity index (χ4n) is 4.76. The van der Waals surface area contributed by atoms with Gasteiger partial charge in [-0.05, 0) is 60.4 Å². The molecule has 1 saturated heterocycles. The summed E-state index contributed by atoms with van der Waals surface area (Å²) in [5.41, 5.74) is 11.1. The molecule has 0 saturated carbocycles. The number of amides is 2. The van der Waals surface area contributed by atoms with Crippen LogP contribution in [0, 0.1) is 0 Å². The standard InChI is InChI=1S/C30H33N7O3/c1-2-3-28(38)34-25-6-4-21(5-7-25)16-29(39)37-10-8-22(9-11-37)23-17-26(24-19-32-30(31)33-20-24)35-27(18-23)36-12-14-40-15-13-36/h2-8,17-20H,9-16H2,1H3,(H,34,38)(H2,31,32,33)/b3-2+. The van der Waals surface area contributed by atoms with Crippen LogP contribution in [0.5, 0.6) is 0 Å². The highest BCUT2D eigenvalue weighted by Gasteiger charge is 2.21. The molecule has 0 spiro atoms. The molecule has 0 aliphatic carbocycles. The minimum atomic E-state index is -0.178. The molecule has 0 unspecified atom stereocenters. The van der Waals surface area contributed by atoms with Crippen LogP contribution in [0.2, 0.25) is 0 Å². The average Bonchev–Trinajstić information content (AvgIpc) is 2.99. The topological polar surface area (TPSA) is 127 Å². The lowest BCUT2D eigenvalue weighted by molar-refractivity contribution is -0.130. The molecule has 4 heterocycles. The molecule has 1 aromatic carbocycles. The Bertz CT molecular complexity index is 1410. The number of nitrogens with two attached hydrogens (primary N) is 1. The normalized spacial score (nSPS) is 15.7. The van der Waals surface area contributed by atoms with Gasteiger partial charge in [0.25, 0.3) is 0 Å². The minimum Gasteiger partial charge on any atom is -0.378 e. The summed E-state index contributed by atoms with van der Waals surface area (Å²) in [6, 6.07) is 11.6. The van der Waals surface area contributed by atoms with Gasteiger partial charge < -0.3 is 25.6 Å². The first-order valence-electron chi connectivity index (χ1n) is 13.4. The van der Waals surface area contributed by atoms with Gasteiger partial charge in [0, 0.05) is 49.8 Å². The number of carbonyl (C=O) groups excluding carboxylic acids is 2. The Labute approximate surface area is 233 Å². The molecular formula is C30H33N7O3. The smallest absolute Gasteiger partial charge is 0.248 e. The SMILES string of the molecule is C/C=C/C(=O)Nc1ccc(CC(=O)N2CC=C(c3cc(-c4cnc(N)nc4)nc(N4CCOCC4)c3)CC2)cc1. The van der Waals surface area contributed by atoms with E-state index in [1.807, 2.05) is 29.2 Å². The van der Waals surface area contributed by atoms with Crippen molar-refractivity contribution in [2.24, 2.45) is 0 Å². The van der Waals surface area contributed by atoms with E-state index in [1.54, 1.807) is 25.4 Å². The van der Waals surface area contributed by atoms with Gasteiger partial charge in [0.05, 0.1) is 25.3 Å². The van der Waals surface area contributed by atoms with Gasteiger partial charge in [0.2, 0.25) is 17.8 Å². The zero-order valence-electron chi connectivity index (χ0n) is 22.5. The summed E-state index contributed by atoms with van der Waals surface area (Å²) < 4.78 is 5.53. The summed E-state index contributed by atoms with van der Waals surface area (Å²) in [4.78, 5) is 42.1. The van der Waals surface area contributed by atoms with Crippen LogP contribution in [0.1, 0.15) is 24.5 Å². The van der Waals surface area contributed by atoms with Gasteiger partial charge >= 0.3 is 0 Å². The molecule has 40 heavy (non-hydrogen) atoms. The number of rotatable bonds is 7. The number of hydrogen-bond donors (Lipinski definition) is 2. The second kappa shape index (κ2) is 12.5. The van der Waals surface area contributed by atoms with E-state index >= 15 is 0 Å². The molecular weight excluding hydrogens is 506 g/mol. The van der Waals surface area contributed by atoms with Crippen LogP contribution in [-0.2, 0) is 20.7 Å². The number of anilines is 3. The third-order valence-corrected chi connectivity index (χ3v) is 6.94. The third-order valence-electron chi connectivity index (χ3n) is 6.94. The van der Waals surface area contributed by atoms with Gasteiger partial charge in [-0.3, -0.25) is 9.59 Å². The molecule has 3 N–H and O–H groups in total. The summed E-state index contributed by atoms with van der Waals surface area (Å²) in [7, 11) is 0. The molecule has 2 aliphatic rings. The van der Waals surface area contributed by atoms with E-state index in [0.717, 1.165) is 47.7 Å². The number of hydrogen-bond acceptors (Lipinski definition) is 8. The first-order valence-corrected chi connectivity index (χ1v) is 13.4. The van der Waals surface area contributed by atoms with E-state index in [2.05, 4.69) is 38.4 Å². The lowest BCUT2D eigenvalue weighted by atomic mass is 9.98. The lowest BCUT2D eigenvalue weighted by Crippen LogP contribution is -2.37. The molecule has 0 atom stereocenters. The highest BCUT2D eigenvalue weighted by atomic mass is 16.5. The number of ether oxygens (including phenoxy) is 1. The van der Waals surface area contributed by atoms with Crippen LogP contribution in [-0.4, -0.2) is 71.1 Å². The summed E-state index contributed by atoms with van der Waals surface area (Å²) in [6.07, 6.45) is 9.72. The Morgan fingerprint density at radius 3 is 2.48 bits per heavy atom. The third kappa shape index (κ3) is 6.70. The van der Waals surface area contributed by atoms with Gasteiger partial charge in [-0.25, -0.2) is 15.0 Å². The molecule has 3 aromatic rings.